The minimum absolute atomic E-state index is 0.0938. The zero-order valence-corrected chi connectivity index (χ0v) is 19.4. The molecular formula is C23H30N8O3. The van der Waals surface area contributed by atoms with Crippen molar-refractivity contribution >= 4 is 17.5 Å². The SMILES string of the molecule is Cc1c(N2CCC[C@H]2COCCNC(=O)N2CCN(c3ccc(C#N)cn3)CC2)cn[nH]c1=O. The molecule has 2 saturated heterocycles. The number of anilines is 2. The molecule has 2 amide bonds. The van der Waals surface area contributed by atoms with Gasteiger partial charge in [-0.25, -0.2) is 14.9 Å². The second-order valence-corrected chi connectivity index (χ2v) is 8.50. The second kappa shape index (κ2) is 11.0. The predicted molar refractivity (Wildman–Crippen MR) is 127 cm³/mol. The van der Waals surface area contributed by atoms with Gasteiger partial charge in [0.05, 0.1) is 36.7 Å². The Morgan fingerprint density at radius 3 is 2.82 bits per heavy atom. The van der Waals surface area contributed by atoms with Crippen LogP contribution in [-0.4, -0.2) is 84.6 Å². The molecule has 2 aromatic heterocycles. The number of nitrogens with zero attached hydrogens (tertiary/aromatic N) is 6. The van der Waals surface area contributed by atoms with E-state index in [4.69, 9.17) is 10.00 Å². The van der Waals surface area contributed by atoms with Gasteiger partial charge in [-0.05, 0) is 31.9 Å². The average molecular weight is 467 g/mol. The van der Waals surface area contributed by atoms with Gasteiger partial charge in [-0.1, -0.05) is 0 Å². The van der Waals surface area contributed by atoms with Gasteiger partial charge in [0.25, 0.3) is 5.56 Å². The number of ether oxygens (including phenoxy) is 1. The Bertz CT molecular complexity index is 1070. The van der Waals surface area contributed by atoms with Gasteiger partial charge in [-0.3, -0.25) is 4.79 Å². The van der Waals surface area contributed by atoms with Crippen molar-refractivity contribution in [3.8, 4) is 6.07 Å². The van der Waals surface area contributed by atoms with Crippen LogP contribution in [0.4, 0.5) is 16.3 Å². The highest BCUT2D eigenvalue weighted by atomic mass is 16.5. The zero-order valence-electron chi connectivity index (χ0n) is 19.4. The molecule has 0 spiro atoms. The molecule has 2 aromatic rings. The minimum atomic E-state index is -0.166. The molecule has 0 bridgehead atoms. The smallest absolute Gasteiger partial charge is 0.317 e. The number of amides is 2. The van der Waals surface area contributed by atoms with Crippen LogP contribution in [0.1, 0.15) is 24.0 Å². The molecule has 11 heteroatoms. The highest BCUT2D eigenvalue weighted by Gasteiger charge is 2.27. The van der Waals surface area contributed by atoms with Crippen molar-refractivity contribution in [2.45, 2.75) is 25.8 Å². The Hall–Kier alpha value is -3.65. The van der Waals surface area contributed by atoms with Crippen molar-refractivity contribution in [1.29, 1.82) is 5.26 Å². The predicted octanol–water partition coefficient (Wildman–Crippen LogP) is 0.862. The Balaban J connectivity index is 1.15. The number of carbonyl (C=O) groups excluding carboxylic acids is 1. The van der Waals surface area contributed by atoms with Crippen LogP contribution in [0.2, 0.25) is 0 Å². The number of nitriles is 1. The van der Waals surface area contributed by atoms with Crippen molar-refractivity contribution in [1.82, 2.24) is 25.4 Å². The summed E-state index contributed by atoms with van der Waals surface area (Å²) >= 11 is 0. The zero-order chi connectivity index (χ0) is 23.9. The van der Waals surface area contributed by atoms with Crippen LogP contribution in [0.3, 0.4) is 0 Å². The third-order valence-electron chi connectivity index (χ3n) is 6.37. The van der Waals surface area contributed by atoms with Gasteiger partial charge in [-0.2, -0.15) is 10.4 Å². The number of hydrogen-bond donors (Lipinski definition) is 2. The van der Waals surface area contributed by atoms with Crippen molar-refractivity contribution in [2.75, 3.05) is 62.3 Å². The molecule has 180 valence electrons. The number of aromatic amines is 1. The molecular weight excluding hydrogens is 436 g/mol. The van der Waals surface area contributed by atoms with E-state index in [0.29, 0.717) is 57.1 Å². The maximum absolute atomic E-state index is 12.5. The van der Waals surface area contributed by atoms with Gasteiger partial charge in [0.1, 0.15) is 11.9 Å². The first-order valence-electron chi connectivity index (χ1n) is 11.6. The van der Waals surface area contributed by atoms with Gasteiger partial charge in [0.2, 0.25) is 0 Å². The fourth-order valence-corrected chi connectivity index (χ4v) is 4.40. The summed E-state index contributed by atoms with van der Waals surface area (Å²) in [4.78, 5) is 34.8. The van der Waals surface area contributed by atoms with Crippen molar-refractivity contribution in [3.05, 3.63) is 46.0 Å². The molecule has 0 radical (unpaired) electrons. The molecule has 2 aliphatic heterocycles. The number of hydrogen-bond acceptors (Lipinski definition) is 8. The van der Waals surface area contributed by atoms with E-state index in [1.165, 1.54) is 0 Å². The lowest BCUT2D eigenvalue weighted by Crippen LogP contribution is -2.52. The van der Waals surface area contributed by atoms with Crippen LogP contribution in [-0.2, 0) is 4.74 Å². The molecule has 2 N–H and O–H groups in total. The fourth-order valence-electron chi connectivity index (χ4n) is 4.40. The molecule has 0 aromatic carbocycles. The summed E-state index contributed by atoms with van der Waals surface area (Å²) in [5.74, 6) is 0.819. The molecule has 0 unspecified atom stereocenters. The van der Waals surface area contributed by atoms with Gasteiger partial charge in [-0.15, -0.1) is 0 Å². The van der Waals surface area contributed by atoms with Gasteiger partial charge in [0.15, 0.2) is 0 Å². The average Bonchev–Trinajstić information content (AvgIpc) is 3.34. The van der Waals surface area contributed by atoms with E-state index in [0.717, 1.165) is 30.9 Å². The number of H-pyrrole nitrogens is 1. The molecule has 0 aliphatic carbocycles. The first-order valence-corrected chi connectivity index (χ1v) is 11.6. The van der Waals surface area contributed by atoms with E-state index < -0.39 is 0 Å². The normalized spacial score (nSPS) is 18.1. The van der Waals surface area contributed by atoms with E-state index in [9.17, 15) is 9.59 Å². The van der Waals surface area contributed by atoms with E-state index >= 15 is 0 Å². The number of piperazine rings is 1. The van der Waals surface area contributed by atoms with Crippen LogP contribution >= 0.6 is 0 Å². The minimum Gasteiger partial charge on any atom is -0.377 e. The number of urea groups is 1. The van der Waals surface area contributed by atoms with Crippen molar-refractivity contribution < 1.29 is 9.53 Å². The first kappa shape index (κ1) is 23.5. The van der Waals surface area contributed by atoms with Crippen LogP contribution in [0.15, 0.2) is 29.3 Å². The highest BCUT2D eigenvalue weighted by molar-refractivity contribution is 5.74. The lowest BCUT2D eigenvalue weighted by molar-refractivity contribution is 0.121. The molecule has 1 atom stereocenters. The summed E-state index contributed by atoms with van der Waals surface area (Å²) in [6.45, 7) is 6.69. The highest BCUT2D eigenvalue weighted by Crippen LogP contribution is 2.26. The summed E-state index contributed by atoms with van der Waals surface area (Å²) < 4.78 is 5.85. The number of nitrogens with one attached hydrogen (secondary N) is 2. The summed E-state index contributed by atoms with van der Waals surface area (Å²) in [5, 5.41) is 18.2. The van der Waals surface area contributed by atoms with Crippen LogP contribution in [0, 0.1) is 18.3 Å². The Morgan fingerprint density at radius 2 is 2.09 bits per heavy atom. The monoisotopic (exact) mass is 466 g/mol. The quantitative estimate of drug-likeness (QED) is 0.575. The largest absolute Gasteiger partial charge is 0.377 e. The molecule has 4 rings (SSSR count). The van der Waals surface area contributed by atoms with E-state index in [-0.39, 0.29) is 17.6 Å². The molecule has 2 aliphatic rings. The third kappa shape index (κ3) is 5.46. The van der Waals surface area contributed by atoms with E-state index in [1.54, 1.807) is 23.4 Å². The van der Waals surface area contributed by atoms with E-state index in [2.05, 4.69) is 36.4 Å². The lowest BCUT2D eigenvalue weighted by Gasteiger charge is -2.35. The molecule has 4 heterocycles. The summed E-state index contributed by atoms with van der Waals surface area (Å²) in [5.41, 5.74) is 1.90. The van der Waals surface area contributed by atoms with Crippen molar-refractivity contribution in [3.63, 3.8) is 0 Å². The number of rotatable bonds is 7. The van der Waals surface area contributed by atoms with Gasteiger partial charge >= 0.3 is 6.03 Å². The standard InChI is InChI=1S/C23H30N8O3/c1-17-20(15-27-28-22(17)32)31-7-2-3-19(31)16-34-12-6-25-23(33)30-10-8-29(9-11-30)21-5-4-18(13-24)14-26-21/h4-5,14-15,19H,2-3,6-12,16H2,1H3,(H,25,33)(H,28,32)/t19-/m0/s1. The fraction of sp³-hybridized carbons (Fsp3) is 0.522. The van der Waals surface area contributed by atoms with Crippen LogP contribution in [0.25, 0.3) is 0 Å². The van der Waals surface area contributed by atoms with Gasteiger partial charge in [0, 0.05) is 51.0 Å². The Labute approximate surface area is 198 Å². The van der Waals surface area contributed by atoms with Crippen molar-refractivity contribution in [2.24, 2.45) is 0 Å². The van der Waals surface area contributed by atoms with Crippen LogP contribution in [0.5, 0.6) is 0 Å². The number of pyridine rings is 1. The molecule has 11 nitrogen and oxygen atoms in total. The molecule has 34 heavy (non-hydrogen) atoms. The third-order valence-corrected chi connectivity index (χ3v) is 6.37. The number of carbonyl (C=O) groups is 1. The first-order chi connectivity index (χ1) is 16.6. The summed E-state index contributed by atoms with van der Waals surface area (Å²) in [6.07, 6.45) is 5.31. The number of aromatic nitrogens is 3. The second-order valence-electron chi connectivity index (χ2n) is 8.50. The van der Waals surface area contributed by atoms with E-state index in [1.807, 2.05) is 13.0 Å². The molecule has 0 saturated carbocycles. The maximum atomic E-state index is 12.5. The maximum Gasteiger partial charge on any atom is 0.317 e. The molecule has 2 fully saturated rings. The Morgan fingerprint density at radius 1 is 1.26 bits per heavy atom. The Kier molecular flexibility index (Phi) is 7.59. The summed E-state index contributed by atoms with van der Waals surface area (Å²) in [6, 6.07) is 5.76. The van der Waals surface area contributed by atoms with Crippen LogP contribution < -0.4 is 20.7 Å². The summed E-state index contributed by atoms with van der Waals surface area (Å²) in [7, 11) is 0. The van der Waals surface area contributed by atoms with Gasteiger partial charge < -0.3 is 24.8 Å². The topological polar surface area (TPSA) is 130 Å². The lowest BCUT2D eigenvalue weighted by atomic mass is 10.2.